The Hall–Kier alpha value is -2.07. The summed E-state index contributed by atoms with van der Waals surface area (Å²) >= 11 is 0. The number of nitrogens with one attached hydrogen (secondary N) is 3. The summed E-state index contributed by atoms with van der Waals surface area (Å²) in [5.41, 5.74) is 0.319. The standard InChI is InChI=1S/C20H28N4O3.HI/c1-5-21-19(22-12-18(25)24-16-9-7-6-8-10-16)23-13-20(4,26)17-11-14(2)27-15(17)3;/h6-11,26H,5,12-13H2,1-4H3,(H,24,25)(H2,21,22,23);1H. The molecule has 154 valence electrons. The fourth-order valence-electron chi connectivity index (χ4n) is 2.73. The van der Waals surface area contributed by atoms with Gasteiger partial charge in [0.15, 0.2) is 5.96 Å². The van der Waals surface area contributed by atoms with Crippen molar-refractivity contribution < 1.29 is 14.3 Å². The number of rotatable bonds is 7. The van der Waals surface area contributed by atoms with E-state index in [9.17, 15) is 9.90 Å². The van der Waals surface area contributed by atoms with Crippen molar-refractivity contribution in [3.8, 4) is 0 Å². The summed E-state index contributed by atoms with van der Waals surface area (Å²) in [5.74, 6) is 1.68. The third-order valence-corrected chi connectivity index (χ3v) is 4.00. The number of amides is 1. The molecule has 28 heavy (non-hydrogen) atoms. The van der Waals surface area contributed by atoms with E-state index in [4.69, 9.17) is 4.42 Å². The number of carbonyl (C=O) groups is 1. The van der Waals surface area contributed by atoms with E-state index in [0.717, 1.165) is 17.0 Å². The summed E-state index contributed by atoms with van der Waals surface area (Å²) in [6.45, 7) is 8.14. The predicted octanol–water partition coefficient (Wildman–Crippen LogP) is 2.92. The largest absolute Gasteiger partial charge is 0.466 e. The summed E-state index contributed by atoms with van der Waals surface area (Å²) < 4.78 is 5.50. The highest BCUT2D eigenvalue weighted by Crippen LogP contribution is 2.26. The fraction of sp³-hybridized carbons (Fsp3) is 0.400. The van der Waals surface area contributed by atoms with Crippen LogP contribution in [0.2, 0.25) is 0 Å². The lowest BCUT2D eigenvalue weighted by Gasteiger charge is -2.24. The van der Waals surface area contributed by atoms with Crippen LogP contribution in [-0.2, 0) is 10.4 Å². The van der Waals surface area contributed by atoms with Crippen molar-refractivity contribution in [1.82, 2.24) is 10.6 Å². The molecular formula is C20H29IN4O3. The van der Waals surface area contributed by atoms with Crippen LogP contribution >= 0.6 is 24.0 Å². The van der Waals surface area contributed by atoms with Gasteiger partial charge in [-0.15, -0.1) is 24.0 Å². The monoisotopic (exact) mass is 500 g/mol. The minimum atomic E-state index is -1.13. The molecule has 0 radical (unpaired) electrons. The molecular weight excluding hydrogens is 471 g/mol. The van der Waals surface area contributed by atoms with Crippen LogP contribution in [-0.4, -0.2) is 36.6 Å². The number of halogens is 1. The normalized spacial score (nSPS) is 13.2. The van der Waals surface area contributed by atoms with Crippen LogP contribution in [0.4, 0.5) is 5.69 Å². The Kier molecular flexibility index (Phi) is 9.47. The first-order chi connectivity index (χ1) is 12.8. The molecule has 2 aromatic rings. The molecule has 0 saturated carbocycles. The van der Waals surface area contributed by atoms with E-state index < -0.39 is 5.60 Å². The molecule has 0 aliphatic heterocycles. The van der Waals surface area contributed by atoms with E-state index in [2.05, 4.69) is 20.9 Å². The second-order valence-corrected chi connectivity index (χ2v) is 6.56. The lowest BCUT2D eigenvalue weighted by molar-refractivity contribution is -0.114. The second kappa shape index (κ2) is 11.1. The third kappa shape index (κ3) is 7.16. The number of guanidine groups is 1. The molecule has 1 atom stereocenters. The SMILES string of the molecule is CCNC(=NCC(=O)Nc1ccccc1)NCC(C)(O)c1cc(C)oc1C.I. The third-order valence-electron chi connectivity index (χ3n) is 4.00. The summed E-state index contributed by atoms with van der Waals surface area (Å²) in [4.78, 5) is 16.3. The first-order valence-corrected chi connectivity index (χ1v) is 8.99. The maximum Gasteiger partial charge on any atom is 0.246 e. The number of hydrogen-bond donors (Lipinski definition) is 4. The minimum absolute atomic E-state index is 0. The van der Waals surface area contributed by atoms with Crippen molar-refractivity contribution >= 4 is 41.5 Å². The Bertz CT molecular complexity index is 788. The first-order valence-electron chi connectivity index (χ1n) is 8.99. The molecule has 7 nitrogen and oxygen atoms in total. The molecule has 0 saturated heterocycles. The van der Waals surface area contributed by atoms with Gasteiger partial charge >= 0.3 is 0 Å². The molecule has 1 unspecified atom stereocenters. The van der Waals surface area contributed by atoms with Gasteiger partial charge in [-0.3, -0.25) is 4.79 Å². The number of aliphatic imine (C=N–C) groups is 1. The number of benzene rings is 1. The average Bonchev–Trinajstić information content (AvgIpc) is 2.97. The van der Waals surface area contributed by atoms with Crippen LogP contribution in [0.15, 0.2) is 45.8 Å². The molecule has 1 amide bonds. The number of nitrogens with zero attached hydrogens (tertiary/aromatic N) is 1. The quantitative estimate of drug-likeness (QED) is 0.266. The van der Waals surface area contributed by atoms with Gasteiger partial charge < -0.3 is 25.5 Å². The molecule has 2 rings (SSSR count). The molecule has 1 aromatic heterocycles. The number of hydrogen-bond acceptors (Lipinski definition) is 4. The predicted molar refractivity (Wildman–Crippen MR) is 122 cm³/mol. The van der Waals surface area contributed by atoms with E-state index in [1.54, 1.807) is 6.92 Å². The lowest BCUT2D eigenvalue weighted by Crippen LogP contribution is -2.45. The average molecular weight is 500 g/mol. The summed E-state index contributed by atoms with van der Waals surface area (Å²) in [7, 11) is 0. The highest BCUT2D eigenvalue weighted by atomic mass is 127. The number of carbonyl (C=O) groups excluding carboxylic acids is 1. The molecule has 0 fully saturated rings. The lowest BCUT2D eigenvalue weighted by atomic mass is 9.96. The minimum Gasteiger partial charge on any atom is -0.466 e. The molecule has 0 aliphatic rings. The van der Waals surface area contributed by atoms with Crippen molar-refractivity contribution in [3.05, 3.63) is 53.5 Å². The van der Waals surface area contributed by atoms with Crippen molar-refractivity contribution in [2.45, 2.75) is 33.3 Å². The summed E-state index contributed by atoms with van der Waals surface area (Å²) in [5, 5.41) is 19.7. The van der Waals surface area contributed by atoms with Gasteiger partial charge in [-0.1, -0.05) is 18.2 Å². The zero-order chi connectivity index (χ0) is 19.9. The van der Waals surface area contributed by atoms with Crippen molar-refractivity contribution in [2.24, 2.45) is 4.99 Å². The maximum atomic E-state index is 12.1. The Balaban J connectivity index is 0.00000392. The van der Waals surface area contributed by atoms with Crippen LogP contribution in [0.25, 0.3) is 0 Å². The van der Waals surface area contributed by atoms with Crippen LogP contribution in [0.5, 0.6) is 0 Å². The van der Waals surface area contributed by atoms with Crippen molar-refractivity contribution in [3.63, 3.8) is 0 Å². The van der Waals surface area contributed by atoms with E-state index in [1.165, 1.54) is 0 Å². The smallest absolute Gasteiger partial charge is 0.246 e. The molecule has 0 aliphatic carbocycles. The van der Waals surface area contributed by atoms with E-state index in [0.29, 0.717) is 18.3 Å². The van der Waals surface area contributed by atoms with Gasteiger partial charge in [0.05, 0.1) is 6.54 Å². The van der Waals surface area contributed by atoms with Gasteiger partial charge in [-0.2, -0.15) is 0 Å². The number of anilines is 1. The van der Waals surface area contributed by atoms with Gasteiger partial charge in [-0.25, -0.2) is 4.99 Å². The molecule has 0 spiro atoms. The Morgan fingerprint density at radius 1 is 1.21 bits per heavy atom. The van der Waals surface area contributed by atoms with Crippen LogP contribution in [0.1, 0.15) is 30.9 Å². The molecule has 0 bridgehead atoms. The maximum absolute atomic E-state index is 12.1. The highest BCUT2D eigenvalue weighted by molar-refractivity contribution is 14.0. The van der Waals surface area contributed by atoms with Gasteiger partial charge in [0.1, 0.15) is 23.7 Å². The van der Waals surface area contributed by atoms with Gasteiger partial charge in [-0.05, 0) is 45.9 Å². The molecule has 4 N–H and O–H groups in total. The van der Waals surface area contributed by atoms with Gasteiger partial charge in [0.25, 0.3) is 0 Å². The number of aliphatic hydroxyl groups is 1. The number of aryl methyl sites for hydroxylation is 2. The topological polar surface area (TPSA) is 98.9 Å². The van der Waals surface area contributed by atoms with Gasteiger partial charge in [0, 0.05) is 17.8 Å². The molecule has 1 heterocycles. The van der Waals surface area contributed by atoms with Crippen molar-refractivity contribution in [2.75, 3.05) is 25.0 Å². The summed E-state index contributed by atoms with van der Waals surface area (Å²) in [6, 6.07) is 11.1. The Morgan fingerprint density at radius 3 is 2.46 bits per heavy atom. The van der Waals surface area contributed by atoms with E-state index >= 15 is 0 Å². The number of para-hydroxylation sites is 1. The Labute approximate surface area is 183 Å². The van der Waals surface area contributed by atoms with Crippen LogP contribution in [0, 0.1) is 13.8 Å². The zero-order valence-electron chi connectivity index (χ0n) is 16.7. The zero-order valence-corrected chi connectivity index (χ0v) is 19.0. The van der Waals surface area contributed by atoms with Crippen LogP contribution in [0.3, 0.4) is 0 Å². The van der Waals surface area contributed by atoms with E-state index in [1.807, 2.05) is 57.2 Å². The number of furan rings is 1. The first kappa shape index (κ1) is 24.0. The fourth-order valence-corrected chi connectivity index (χ4v) is 2.73. The Morgan fingerprint density at radius 2 is 1.89 bits per heavy atom. The van der Waals surface area contributed by atoms with E-state index in [-0.39, 0.29) is 43.0 Å². The van der Waals surface area contributed by atoms with Crippen molar-refractivity contribution in [1.29, 1.82) is 0 Å². The molecule has 1 aromatic carbocycles. The van der Waals surface area contributed by atoms with Crippen LogP contribution < -0.4 is 16.0 Å². The molecule has 8 heteroatoms. The van der Waals surface area contributed by atoms with Gasteiger partial charge in [0.2, 0.25) is 5.91 Å². The summed E-state index contributed by atoms with van der Waals surface area (Å²) in [6.07, 6.45) is 0. The highest BCUT2D eigenvalue weighted by Gasteiger charge is 2.27. The second-order valence-electron chi connectivity index (χ2n) is 6.56.